The molecule has 1 aromatic carbocycles. The molecule has 116 valence electrons. The number of carbonyl (C=O) groups excluding carboxylic acids is 2. The van der Waals surface area contributed by atoms with Crippen molar-refractivity contribution in [2.24, 2.45) is 10.2 Å². The molecule has 1 fully saturated rings. The number of nitrogens with zero attached hydrogens (tertiary/aromatic N) is 2. The van der Waals surface area contributed by atoms with Gasteiger partial charge in [0.15, 0.2) is 5.17 Å². The quantitative estimate of drug-likeness (QED) is 0.641. The molecule has 1 heterocycles. The number of benzene rings is 1. The SMILES string of the molecule is CC=NN=C1NC(=O)C(CC(=O)Nc2ccc(Cl)c(Cl)c2)S1. The normalized spacial score (nSPS) is 19.7. The number of amides is 2. The number of halogens is 2. The molecule has 0 aromatic heterocycles. The van der Waals surface area contributed by atoms with Crippen LogP contribution in [0.3, 0.4) is 0 Å². The lowest BCUT2D eigenvalue weighted by molar-refractivity contribution is -0.122. The molecule has 0 radical (unpaired) electrons. The Balaban J connectivity index is 1.94. The Bertz CT molecular complexity index is 663. The van der Waals surface area contributed by atoms with E-state index < -0.39 is 5.25 Å². The summed E-state index contributed by atoms with van der Waals surface area (Å²) in [5, 5.41) is 13.3. The molecule has 1 unspecified atom stereocenters. The molecule has 2 rings (SSSR count). The second-order valence-electron chi connectivity index (χ2n) is 4.26. The van der Waals surface area contributed by atoms with Gasteiger partial charge in [-0.3, -0.25) is 9.59 Å². The minimum absolute atomic E-state index is 0.0194. The Labute approximate surface area is 141 Å². The smallest absolute Gasteiger partial charge is 0.240 e. The molecule has 6 nitrogen and oxygen atoms in total. The van der Waals surface area contributed by atoms with Crippen molar-refractivity contribution in [3.8, 4) is 0 Å². The van der Waals surface area contributed by atoms with Crippen LogP contribution >= 0.6 is 35.0 Å². The van der Waals surface area contributed by atoms with Gasteiger partial charge in [0.25, 0.3) is 0 Å². The summed E-state index contributed by atoms with van der Waals surface area (Å²) in [4.78, 5) is 23.7. The summed E-state index contributed by atoms with van der Waals surface area (Å²) in [6.45, 7) is 1.72. The van der Waals surface area contributed by atoms with E-state index in [1.54, 1.807) is 25.1 Å². The van der Waals surface area contributed by atoms with Gasteiger partial charge in [-0.15, -0.1) is 5.10 Å². The molecule has 1 saturated heterocycles. The van der Waals surface area contributed by atoms with Crippen LogP contribution in [0.2, 0.25) is 10.0 Å². The number of thioether (sulfide) groups is 1. The van der Waals surface area contributed by atoms with E-state index >= 15 is 0 Å². The molecule has 2 amide bonds. The number of hydrogen-bond acceptors (Lipinski definition) is 5. The van der Waals surface area contributed by atoms with Crippen LogP contribution in [0.15, 0.2) is 28.4 Å². The van der Waals surface area contributed by atoms with Gasteiger partial charge in [0, 0.05) is 18.3 Å². The molecule has 0 bridgehead atoms. The molecule has 2 N–H and O–H groups in total. The van der Waals surface area contributed by atoms with E-state index in [0.29, 0.717) is 20.9 Å². The Hall–Kier alpha value is -1.57. The molecular formula is C13H12Cl2N4O2S. The zero-order chi connectivity index (χ0) is 16.1. The first-order valence-corrected chi connectivity index (χ1v) is 7.91. The number of amidine groups is 1. The third kappa shape index (κ3) is 4.46. The first kappa shape index (κ1) is 16.8. The fourth-order valence-electron chi connectivity index (χ4n) is 1.65. The van der Waals surface area contributed by atoms with Crippen molar-refractivity contribution in [3.05, 3.63) is 28.2 Å². The average molecular weight is 359 g/mol. The Morgan fingerprint density at radius 2 is 2.23 bits per heavy atom. The number of nitrogens with one attached hydrogen (secondary N) is 2. The topological polar surface area (TPSA) is 82.9 Å². The number of anilines is 1. The van der Waals surface area contributed by atoms with Crippen LogP contribution in [0, 0.1) is 0 Å². The first-order chi connectivity index (χ1) is 10.5. The van der Waals surface area contributed by atoms with E-state index in [1.165, 1.54) is 18.0 Å². The van der Waals surface area contributed by atoms with Crippen molar-refractivity contribution in [1.29, 1.82) is 0 Å². The molecule has 1 atom stereocenters. The minimum Gasteiger partial charge on any atom is -0.326 e. The highest BCUT2D eigenvalue weighted by Crippen LogP contribution is 2.26. The molecule has 0 saturated carbocycles. The summed E-state index contributed by atoms with van der Waals surface area (Å²) in [6, 6.07) is 4.77. The first-order valence-electron chi connectivity index (χ1n) is 6.27. The summed E-state index contributed by atoms with van der Waals surface area (Å²) < 4.78 is 0. The van der Waals surface area contributed by atoms with Crippen LogP contribution in [0.5, 0.6) is 0 Å². The summed E-state index contributed by atoms with van der Waals surface area (Å²) in [7, 11) is 0. The zero-order valence-electron chi connectivity index (χ0n) is 11.5. The molecular weight excluding hydrogens is 347 g/mol. The van der Waals surface area contributed by atoms with E-state index in [4.69, 9.17) is 23.2 Å². The number of hydrogen-bond donors (Lipinski definition) is 2. The summed E-state index contributed by atoms with van der Waals surface area (Å²) in [5.41, 5.74) is 0.521. The van der Waals surface area contributed by atoms with E-state index in [9.17, 15) is 9.59 Å². The fraction of sp³-hybridized carbons (Fsp3) is 0.231. The highest BCUT2D eigenvalue weighted by Gasteiger charge is 2.32. The number of carbonyl (C=O) groups is 2. The van der Waals surface area contributed by atoms with Gasteiger partial charge in [-0.05, 0) is 25.1 Å². The van der Waals surface area contributed by atoms with E-state index in [1.807, 2.05) is 0 Å². The van der Waals surface area contributed by atoms with Gasteiger partial charge in [0.1, 0.15) is 5.25 Å². The van der Waals surface area contributed by atoms with Crippen molar-refractivity contribution in [2.75, 3.05) is 5.32 Å². The minimum atomic E-state index is -0.534. The summed E-state index contributed by atoms with van der Waals surface area (Å²) >= 11 is 12.9. The maximum atomic E-state index is 12.0. The maximum absolute atomic E-state index is 12.0. The second-order valence-corrected chi connectivity index (χ2v) is 6.26. The van der Waals surface area contributed by atoms with Crippen molar-refractivity contribution in [3.63, 3.8) is 0 Å². The third-order valence-electron chi connectivity index (χ3n) is 2.61. The lowest BCUT2D eigenvalue weighted by Crippen LogP contribution is -2.28. The average Bonchev–Trinajstić information content (AvgIpc) is 2.81. The van der Waals surface area contributed by atoms with Crippen LogP contribution in [0.4, 0.5) is 5.69 Å². The lowest BCUT2D eigenvalue weighted by Gasteiger charge is -2.08. The van der Waals surface area contributed by atoms with Crippen molar-refractivity contribution in [1.82, 2.24) is 5.32 Å². The fourth-order valence-corrected chi connectivity index (χ4v) is 2.87. The Morgan fingerprint density at radius 3 is 2.91 bits per heavy atom. The Kier molecular flexibility index (Phi) is 5.82. The molecule has 0 spiro atoms. The number of rotatable bonds is 4. The van der Waals surface area contributed by atoms with E-state index in [0.717, 1.165) is 0 Å². The van der Waals surface area contributed by atoms with Crippen LogP contribution < -0.4 is 10.6 Å². The van der Waals surface area contributed by atoms with Gasteiger partial charge in [-0.1, -0.05) is 35.0 Å². The van der Waals surface area contributed by atoms with Gasteiger partial charge in [-0.2, -0.15) is 5.10 Å². The van der Waals surface area contributed by atoms with Gasteiger partial charge in [-0.25, -0.2) is 0 Å². The van der Waals surface area contributed by atoms with Gasteiger partial charge in [0.05, 0.1) is 10.0 Å². The molecule has 9 heteroatoms. The van der Waals surface area contributed by atoms with Crippen LogP contribution in [-0.2, 0) is 9.59 Å². The standard InChI is InChI=1S/C13H12Cl2N4O2S/c1-2-16-19-13-18-12(21)10(22-13)6-11(20)17-7-3-4-8(14)9(15)5-7/h2-5,10H,6H2,1H3,(H,17,20)(H,18,19,21). The van der Waals surface area contributed by atoms with Crippen LogP contribution in [-0.4, -0.2) is 28.4 Å². The Morgan fingerprint density at radius 1 is 1.45 bits per heavy atom. The predicted molar refractivity (Wildman–Crippen MR) is 90.8 cm³/mol. The summed E-state index contributed by atoms with van der Waals surface area (Å²) in [5.74, 6) is -0.564. The summed E-state index contributed by atoms with van der Waals surface area (Å²) in [6.07, 6.45) is 1.52. The van der Waals surface area contributed by atoms with E-state index in [2.05, 4.69) is 20.8 Å². The highest BCUT2D eigenvalue weighted by atomic mass is 35.5. The third-order valence-corrected chi connectivity index (χ3v) is 4.43. The molecule has 1 aromatic rings. The van der Waals surface area contributed by atoms with Crippen LogP contribution in [0.1, 0.15) is 13.3 Å². The molecule has 1 aliphatic rings. The maximum Gasteiger partial charge on any atom is 0.240 e. The van der Waals surface area contributed by atoms with E-state index in [-0.39, 0.29) is 18.2 Å². The molecule has 22 heavy (non-hydrogen) atoms. The highest BCUT2D eigenvalue weighted by molar-refractivity contribution is 8.15. The van der Waals surface area contributed by atoms with Crippen LogP contribution in [0.25, 0.3) is 0 Å². The predicted octanol–water partition coefficient (Wildman–Crippen LogP) is 2.92. The largest absolute Gasteiger partial charge is 0.326 e. The zero-order valence-corrected chi connectivity index (χ0v) is 13.8. The van der Waals surface area contributed by atoms with Gasteiger partial charge in [0.2, 0.25) is 11.8 Å². The van der Waals surface area contributed by atoms with Gasteiger partial charge < -0.3 is 10.6 Å². The second kappa shape index (κ2) is 7.62. The monoisotopic (exact) mass is 358 g/mol. The molecule has 0 aliphatic carbocycles. The van der Waals surface area contributed by atoms with Gasteiger partial charge >= 0.3 is 0 Å². The van der Waals surface area contributed by atoms with Crippen molar-refractivity contribution < 1.29 is 9.59 Å². The molecule has 1 aliphatic heterocycles. The van der Waals surface area contributed by atoms with Crippen molar-refractivity contribution >= 4 is 63.8 Å². The lowest BCUT2D eigenvalue weighted by atomic mass is 10.2. The van der Waals surface area contributed by atoms with Crippen molar-refractivity contribution in [2.45, 2.75) is 18.6 Å².